The quantitative estimate of drug-likeness (QED) is 0.217. The van der Waals surface area contributed by atoms with Crippen molar-refractivity contribution < 1.29 is 0 Å². The van der Waals surface area contributed by atoms with Crippen LogP contribution >= 0.6 is 11.3 Å². The van der Waals surface area contributed by atoms with Gasteiger partial charge in [0.1, 0.15) is 4.83 Å². The fourth-order valence-corrected chi connectivity index (χ4v) is 7.63. The molecule has 0 radical (unpaired) electrons. The lowest BCUT2D eigenvalue weighted by molar-refractivity contribution is 1.17. The minimum atomic E-state index is 1.18. The van der Waals surface area contributed by atoms with Gasteiger partial charge in [-0.1, -0.05) is 84.9 Å². The van der Waals surface area contributed by atoms with E-state index in [0.29, 0.717) is 0 Å². The molecule has 0 N–H and O–H groups in total. The molecule has 2 nitrogen and oxygen atoms in total. The van der Waals surface area contributed by atoms with Crippen molar-refractivity contribution in [1.82, 2.24) is 9.13 Å². The Balaban J connectivity index is 1.48. The number of hydrogen-bond donors (Lipinski definition) is 0. The summed E-state index contributed by atoms with van der Waals surface area (Å²) in [5, 5.41) is 9.06. The zero-order valence-electron chi connectivity index (χ0n) is 21.0. The minimum Gasteiger partial charge on any atom is -0.309 e. The Bertz CT molecular complexity index is 2390. The van der Waals surface area contributed by atoms with E-state index in [9.17, 15) is 0 Å². The van der Waals surface area contributed by atoms with E-state index >= 15 is 0 Å². The van der Waals surface area contributed by atoms with Crippen molar-refractivity contribution >= 4 is 75.1 Å². The van der Waals surface area contributed by atoms with Crippen molar-refractivity contribution in [2.45, 2.75) is 0 Å². The van der Waals surface area contributed by atoms with Gasteiger partial charge < -0.3 is 9.13 Å². The molecule has 0 atom stereocenters. The summed E-state index contributed by atoms with van der Waals surface area (Å²) in [6.07, 6.45) is 0. The van der Waals surface area contributed by atoms with Gasteiger partial charge in [0.25, 0.3) is 0 Å². The maximum Gasteiger partial charge on any atom is 0.109 e. The number of thiophene rings is 1. The van der Waals surface area contributed by atoms with Crippen molar-refractivity contribution in [2.75, 3.05) is 0 Å². The average molecular weight is 515 g/mol. The molecule has 0 aliphatic rings. The summed E-state index contributed by atoms with van der Waals surface area (Å²) in [5.41, 5.74) is 6.07. The molecule has 0 fully saturated rings. The molecule has 0 amide bonds. The summed E-state index contributed by atoms with van der Waals surface area (Å²) in [4.78, 5) is 1.30. The predicted octanol–water partition coefficient (Wildman–Crippen LogP) is 10.2. The Morgan fingerprint density at radius 2 is 1.13 bits per heavy atom. The highest BCUT2D eigenvalue weighted by Gasteiger charge is 2.21. The van der Waals surface area contributed by atoms with E-state index in [1.54, 1.807) is 0 Å². The third-order valence-corrected chi connectivity index (χ3v) is 9.24. The summed E-state index contributed by atoms with van der Waals surface area (Å²) in [5.74, 6) is 0. The lowest BCUT2D eigenvalue weighted by Crippen LogP contribution is -1.95. The van der Waals surface area contributed by atoms with Crippen LogP contribution in [0.4, 0.5) is 0 Å². The second-order valence-electron chi connectivity index (χ2n) is 10.2. The monoisotopic (exact) mass is 514 g/mol. The van der Waals surface area contributed by atoms with Gasteiger partial charge in [-0.05, 0) is 59.3 Å². The van der Waals surface area contributed by atoms with Crippen LogP contribution in [0.5, 0.6) is 0 Å². The van der Waals surface area contributed by atoms with E-state index in [-0.39, 0.29) is 0 Å². The van der Waals surface area contributed by atoms with Gasteiger partial charge in [-0.25, -0.2) is 0 Å². The van der Waals surface area contributed by atoms with Gasteiger partial charge in [0.15, 0.2) is 0 Å². The van der Waals surface area contributed by atoms with Crippen LogP contribution in [0.1, 0.15) is 0 Å². The highest BCUT2D eigenvalue weighted by molar-refractivity contribution is 7.25. The Kier molecular flexibility index (Phi) is 4.24. The molecule has 0 bridgehead atoms. The zero-order chi connectivity index (χ0) is 25.5. The third kappa shape index (κ3) is 2.91. The Hall–Kier alpha value is -4.86. The first-order valence-electron chi connectivity index (χ1n) is 13.3. The van der Waals surface area contributed by atoms with Gasteiger partial charge in [0.05, 0.1) is 16.6 Å². The van der Waals surface area contributed by atoms with Gasteiger partial charge in [-0.3, -0.25) is 0 Å². The van der Waals surface area contributed by atoms with Crippen molar-refractivity contribution in [1.29, 1.82) is 0 Å². The molecule has 9 rings (SSSR count). The molecule has 0 saturated heterocycles. The third-order valence-electron chi connectivity index (χ3n) is 8.09. The molecule has 9 aromatic rings. The molecule has 0 aliphatic heterocycles. The van der Waals surface area contributed by atoms with E-state index in [1.807, 2.05) is 11.3 Å². The molecule has 0 spiro atoms. The molecular formula is C36H22N2S. The average Bonchev–Trinajstić information content (AvgIpc) is 3.62. The van der Waals surface area contributed by atoms with Crippen molar-refractivity contribution in [3.05, 3.63) is 133 Å². The van der Waals surface area contributed by atoms with Crippen LogP contribution in [0.3, 0.4) is 0 Å². The molecular weight excluding hydrogens is 492 g/mol. The van der Waals surface area contributed by atoms with E-state index < -0.39 is 0 Å². The first kappa shape index (κ1) is 21.1. The second kappa shape index (κ2) is 7.83. The Labute approximate surface area is 228 Å². The first-order chi connectivity index (χ1) is 19.3. The van der Waals surface area contributed by atoms with Crippen LogP contribution in [0.15, 0.2) is 133 Å². The molecule has 0 aliphatic carbocycles. The molecule has 6 aromatic carbocycles. The zero-order valence-corrected chi connectivity index (χ0v) is 21.8. The summed E-state index contributed by atoms with van der Waals surface area (Å²) in [7, 11) is 0. The van der Waals surface area contributed by atoms with E-state index in [0.717, 1.165) is 0 Å². The summed E-state index contributed by atoms with van der Waals surface area (Å²) in [6, 6.07) is 48.6. The van der Waals surface area contributed by atoms with Crippen LogP contribution in [-0.4, -0.2) is 9.13 Å². The maximum atomic E-state index is 2.46. The van der Waals surface area contributed by atoms with E-state index in [2.05, 4.69) is 143 Å². The smallest absolute Gasteiger partial charge is 0.109 e. The van der Waals surface area contributed by atoms with Crippen LogP contribution in [0.2, 0.25) is 0 Å². The van der Waals surface area contributed by atoms with Gasteiger partial charge in [0.2, 0.25) is 0 Å². The molecule has 3 aromatic heterocycles. The fourth-order valence-electron chi connectivity index (χ4n) is 6.38. The SMILES string of the molecule is c1ccc(-n2c3cc4c(cc3c3c5ccccc5sc32)c2ccccc2n4-c2ccc3ccccc3c2)cc1. The molecule has 0 saturated carbocycles. The number of aromatic nitrogens is 2. The largest absolute Gasteiger partial charge is 0.309 e. The molecule has 182 valence electrons. The number of hydrogen-bond acceptors (Lipinski definition) is 1. The van der Waals surface area contributed by atoms with Gasteiger partial charge in [-0.2, -0.15) is 0 Å². The molecule has 3 heterocycles. The summed E-state index contributed by atoms with van der Waals surface area (Å²) >= 11 is 1.88. The van der Waals surface area contributed by atoms with Gasteiger partial charge >= 0.3 is 0 Å². The number of para-hydroxylation sites is 2. The van der Waals surface area contributed by atoms with E-state index in [1.165, 1.54) is 75.2 Å². The van der Waals surface area contributed by atoms with Crippen molar-refractivity contribution in [3.8, 4) is 11.4 Å². The van der Waals surface area contributed by atoms with Crippen LogP contribution in [0, 0.1) is 0 Å². The van der Waals surface area contributed by atoms with Crippen LogP contribution in [0.25, 0.3) is 75.2 Å². The van der Waals surface area contributed by atoms with E-state index in [4.69, 9.17) is 0 Å². The Morgan fingerprint density at radius 1 is 0.410 bits per heavy atom. The lowest BCUT2D eigenvalue weighted by atomic mass is 10.1. The number of benzene rings is 6. The number of rotatable bonds is 2. The number of fused-ring (bicyclic) bond motifs is 9. The molecule has 39 heavy (non-hydrogen) atoms. The summed E-state index contributed by atoms with van der Waals surface area (Å²) in [6.45, 7) is 0. The predicted molar refractivity (Wildman–Crippen MR) is 168 cm³/mol. The van der Waals surface area contributed by atoms with Crippen LogP contribution in [-0.2, 0) is 0 Å². The standard InChI is InChI=1S/C36H22N2S/c1-2-12-25(13-3-1)38-33-22-32-29(21-30(33)35-28-15-7-9-17-34(28)39-36(35)38)27-14-6-8-16-31(27)37(32)26-19-18-23-10-4-5-11-24(23)20-26/h1-22H. The fraction of sp³-hybridized carbons (Fsp3) is 0. The number of nitrogens with zero attached hydrogens (tertiary/aromatic N) is 2. The van der Waals surface area contributed by atoms with Crippen LogP contribution < -0.4 is 0 Å². The minimum absolute atomic E-state index is 1.18. The van der Waals surface area contributed by atoms with Crippen molar-refractivity contribution in [3.63, 3.8) is 0 Å². The molecule has 3 heteroatoms. The highest BCUT2D eigenvalue weighted by atomic mass is 32.1. The van der Waals surface area contributed by atoms with Gasteiger partial charge in [0, 0.05) is 43.0 Å². The Morgan fingerprint density at radius 3 is 2.03 bits per heavy atom. The summed E-state index contributed by atoms with van der Waals surface area (Å²) < 4.78 is 6.22. The topological polar surface area (TPSA) is 9.86 Å². The molecule has 0 unspecified atom stereocenters. The van der Waals surface area contributed by atoms with Gasteiger partial charge in [-0.15, -0.1) is 11.3 Å². The highest BCUT2D eigenvalue weighted by Crippen LogP contribution is 2.45. The normalized spacial score (nSPS) is 12.1. The first-order valence-corrected chi connectivity index (χ1v) is 14.1. The lowest BCUT2D eigenvalue weighted by Gasteiger charge is -2.11. The second-order valence-corrected chi connectivity index (χ2v) is 11.3. The maximum absolute atomic E-state index is 2.46. The van der Waals surface area contributed by atoms with Crippen molar-refractivity contribution in [2.24, 2.45) is 0 Å².